The number of likely N-dealkylation sites (tertiary alicyclic amines) is 1. The molecule has 0 aliphatic carbocycles. The van der Waals surface area contributed by atoms with Gasteiger partial charge in [0.15, 0.2) is 0 Å². The van der Waals surface area contributed by atoms with Gasteiger partial charge in [0.25, 0.3) is 0 Å². The number of ether oxygens (including phenoxy) is 2. The lowest BCUT2D eigenvalue weighted by molar-refractivity contribution is -0.149. The summed E-state index contributed by atoms with van der Waals surface area (Å²) in [5, 5.41) is 3.15. The van der Waals surface area contributed by atoms with Crippen molar-refractivity contribution in [2.75, 3.05) is 39.9 Å². The molecule has 2 saturated heterocycles. The molecular formula is C12H22N2O3. The Morgan fingerprint density at radius 1 is 1.53 bits per heavy atom. The van der Waals surface area contributed by atoms with Crippen LogP contribution in [0.5, 0.6) is 0 Å². The Bertz CT molecular complexity index is 279. The summed E-state index contributed by atoms with van der Waals surface area (Å²) < 4.78 is 11.0. The van der Waals surface area contributed by atoms with Crippen molar-refractivity contribution in [3.8, 4) is 0 Å². The van der Waals surface area contributed by atoms with E-state index in [-0.39, 0.29) is 24.2 Å². The molecular weight excluding hydrogens is 220 g/mol. The number of piperidine rings is 1. The van der Waals surface area contributed by atoms with E-state index in [0.29, 0.717) is 6.54 Å². The zero-order valence-corrected chi connectivity index (χ0v) is 10.7. The van der Waals surface area contributed by atoms with Crippen LogP contribution in [0.1, 0.15) is 19.8 Å². The van der Waals surface area contributed by atoms with Crippen molar-refractivity contribution in [1.29, 1.82) is 0 Å². The molecule has 1 unspecified atom stereocenters. The molecule has 0 aromatic heterocycles. The van der Waals surface area contributed by atoms with E-state index < -0.39 is 0 Å². The molecule has 0 spiro atoms. The Morgan fingerprint density at radius 3 is 2.88 bits per heavy atom. The normalized spacial score (nSPS) is 27.6. The lowest BCUT2D eigenvalue weighted by Gasteiger charge is -2.39. The summed E-state index contributed by atoms with van der Waals surface area (Å²) in [4.78, 5) is 13.8. The van der Waals surface area contributed by atoms with Gasteiger partial charge >= 0.3 is 0 Å². The molecule has 0 aromatic carbocycles. The van der Waals surface area contributed by atoms with Crippen LogP contribution in [-0.2, 0) is 14.3 Å². The summed E-state index contributed by atoms with van der Waals surface area (Å²) in [6.07, 6.45) is 2.25. The molecule has 2 aliphatic heterocycles. The number of carbonyl (C=O) groups excluding carboxylic acids is 1. The fraction of sp³-hybridized carbons (Fsp3) is 0.917. The molecule has 2 fully saturated rings. The van der Waals surface area contributed by atoms with Crippen molar-refractivity contribution >= 4 is 5.91 Å². The van der Waals surface area contributed by atoms with Gasteiger partial charge < -0.3 is 19.7 Å². The Hall–Kier alpha value is -0.650. The summed E-state index contributed by atoms with van der Waals surface area (Å²) in [5.41, 5.74) is -0.147. The highest BCUT2D eigenvalue weighted by atomic mass is 16.5. The number of hydrogen-bond acceptors (Lipinski definition) is 4. The molecule has 98 valence electrons. The number of amides is 1. The highest BCUT2D eigenvalue weighted by Crippen LogP contribution is 2.17. The maximum atomic E-state index is 12.0. The van der Waals surface area contributed by atoms with Crippen molar-refractivity contribution in [2.24, 2.45) is 0 Å². The van der Waals surface area contributed by atoms with E-state index in [0.717, 1.165) is 32.5 Å². The van der Waals surface area contributed by atoms with Gasteiger partial charge in [0.1, 0.15) is 6.61 Å². The minimum absolute atomic E-state index is 0.0832. The molecule has 2 rings (SSSR count). The second-order valence-electron chi connectivity index (χ2n) is 5.18. The first-order valence-electron chi connectivity index (χ1n) is 6.28. The zero-order valence-electron chi connectivity index (χ0n) is 10.7. The highest BCUT2D eigenvalue weighted by Gasteiger charge is 2.34. The van der Waals surface area contributed by atoms with E-state index in [2.05, 4.69) is 5.32 Å². The molecule has 1 N–H and O–H groups in total. The van der Waals surface area contributed by atoms with Crippen LogP contribution in [-0.4, -0.2) is 62.4 Å². The van der Waals surface area contributed by atoms with E-state index in [1.54, 1.807) is 7.11 Å². The fourth-order valence-corrected chi connectivity index (χ4v) is 2.26. The fourth-order valence-electron chi connectivity index (χ4n) is 2.26. The van der Waals surface area contributed by atoms with E-state index in [1.165, 1.54) is 0 Å². The van der Waals surface area contributed by atoms with Crippen LogP contribution in [0.25, 0.3) is 0 Å². The molecule has 2 aliphatic rings. The lowest BCUT2D eigenvalue weighted by atomic mass is 10.0. The lowest BCUT2D eigenvalue weighted by Crippen LogP contribution is -2.60. The molecule has 0 aromatic rings. The molecule has 5 heteroatoms. The van der Waals surface area contributed by atoms with Crippen LogP contribution in [0.4, 0.5) is 0 Å². The van der Waals surface area contributed by atoms with Crippen LogP contribution in [0.3, 0.4) is 0 Å². The van der Waals surface area contributed by atoms with Crippen molar-refractivity contribution in [3.05, 3.63) is 0 Å². The van der Waals surface area contributed by atoms with Crippen molar-refractivity contribution < 1.29 is 14.3 Å². The minimum Gasteiger partial charge on any atom is -0.380 e. The maximum Gasteiger partial charge on any atom is 0.248 e. The van der Waals surface area contributed by atoms with Gasteiger partial charge in [0, 0.05) is 33.3 Å². The number of methoxy groups -OCH3 is 1. The van der Waals surface area contributed by atoms with Gasteiger partial charge in [-0.1, -0.05) is 0 Å². The molecule has 0 radical (unpaired) electrons. The molecule has 5 nitrogen and oxygen atoms in total. The third-order valence-corrected chi connectivity index (χ3v) is 3.61. The quantitative estimate of drug-likeness (QED) is 0.754. The monoisotopic (exact) mass is 242 g/mol. The largest absolute Gasteiger partial charge is 0.380 e. The summed E-state index contributed by atoms with van der Waals surface area (Å²) >= 11 is 0. The van der Waals surface area contributed by atoms with Crippen LogP contribution < -0.4 is 5.32 Å². The van der Waals surface area contributed by atoms with Crippen LogP contribution in [0.15, 0.2) is 0 Å². The summed E-state index contributed by atoms with van der Waals surface area (Å²) in [6, 6.07) is 0. The van der Waals surface area contributed by atoms with E-state index in [4.69, 9.17) is 9.47 Å². The third kappa shape index (κ3) is 3.18. The second kappa shape index (κ2) is 5.33. The maximum absolute atomic E-state index is 12.0. The number of carbonyl (C=O) groups is 1. The summed E-state index contributed by atoms with van der Waals surface area (Å²) in [5.74, 6) is 0.0832. The topological polar surface area (TPSA) is 50.8 Å². The minimum atomic E-state index is -0.147. The molecule has 1 amide bonds. The Labute approximate surface area is 102 Å². The van der Waals surface area contributed by atoms with Gasteiger partial charge in [-0.3, -0.25) is 4.79 Å². The first kappa shape index (κ1) is 12.8. The van der Waals surface area contributed by atoms with Crippen LogP contribution in [0.2, 0.25) is 0 Å². The van der Waals surface area contributed by atoms with Crippen molar-refractivity contribution in [2.45, 2.75) is 31.5 Å². The van der Waals surface area contributed by atoms with Gasteiger partial charge in [-0.2, -0.15) is 0 Å². The number of nitrogens with one attached hydrogen (secondary N) is 1. The van der Waals surface area contributed by atoms with Crippen molar-refractivity contribution in [1.82, 2.24) is 10.2 Å². The Morgan fingerprint density at radius 2 is 2.29 bits per heavy atom. The SMILES string of the molecule is COC1CCCN(C(=O)COC2(C)CNC2)C1. The van der Waals surface area contributed by atoms with Crippen LogP contribution >= 0.6 is 0 Å². The summed E-state index contributed by atoms with van der Waals surface area (Å²) in [6.45, 7) is 5.42. The number of nitrogens with zero attached hydrogens (tertiary/aromatic N) is 1. The number of rotatable bonds is 4. The molecule has 0 bridgehead atoms. The molecule has 1 atom stereocenters. The third-order valence-electron chi connectivity index (χ3n) is 3.61. The van der Waals surface area contributed by atoms with Gasteiger partial charge in [-0.15, -0.1) is 0 Å². The molecule has 2 heterocycles. The van der Waals surface area contributed by atoms with E-state index in [9.17, 15) is 4.79 Å². The average molecular weight is 242 g/mol. The predicted octanol–water partition coefficient (Wildman–Crippen LogP) is 0.00230. The second-order valence-corrected chi connectivity index (χ2v) is 5.18. The molecule has 0 saturated carbocycles. The Balaban J connectivity index is 1.75. The predicted molar refractivity (Wildman–Crippen MR) is 63.8 cm³/mol. The summed E-state index contributed by atoms with van der Waals surface area (Å²) in [7, 11) is 1.70. The highest BCUT2D eigenvalue weighted by molar-refractivity contribution is 5.77. The standard InChI is InChI=1S/C12H22N2O3/c1-12(8-13-9-12)17-7-11(15)14-5-3-4-10(6-14)16-2/h10,13H,3-9H2,1-2H3. The molecule has 17 heavy (non-hydrogen) atoms. The van der Waals surface area contributed by atoms with Gasteiger partial charge in [0.2, 0.25) is 5.91 Å². The average Bonchev–Trinajstić information content (AvgIpc) is 2.33. The smallest absolute Gasteiger partial charge is 0.248 e. The van der Waals surface area contributed by atoms with Gasteiger partial charge in [0.05, 0.1) is 11.7 Å². The van der Waals surface area contributed by atoms with Gasteiger partial charge in [-0.25, -0.2) is 0 Å². The van der Waals surface area contributed by atoms with Crippen LogP contribution in [0, 0.1) is 0 Å². The first-order valence-corrected chi connectivity index (χ1v) is 6.28. The van der Waals surface area contributed by atoms with E-state index >= 15 is 0 Å². The zero-order chi connectivity index (χ0) is 12.3. The number of hydrogen-bond donors (Lipinski definition) is 1. The van der Waals surface area contributed by atoms with Crippen molar-refractivity contribution in [3.63, 3.8) is 0 Å². The van der Waals surface area contributed by atoms with E-state index in [1.807, 2.05) is 11.8 Å². The van der Waals surface area contributed by atoms with Gasteiger partial charge in [-0.05, 0) is 19.8 Å². The first-order chi connectivity index (χ1) is 8.13. The Kier molecular flexibility index (Phi) is 4.01.